The van der Waals surface area contributed by atoms with Gasteiger partial charge in [0.05, 0.1) is 29.9 Å². The van der Waals surface area contributed by atoms with Gasteiger partial charge in [0.15, 0.2) is 0 Å². The number of hydrogen-bond donors (Lipinski definition) is 1. The number of carbonyl (C=O) groups excluding carboxylic acids is 1. The number of anilines is 1. The normalized spacial score (nSPS) is 15.1. The first-order valence-corrected chi connectivity index (χ1v) is 10.5. The Morgan fingerprint density at radius 2 is 1.97 bits per heavy atom. The number of halogens is 1. The van der Waals surface area contributed by atoms with Crippen LogP contribution < -0.4 is 10.1 Å². The highest BCUT2D eigenvalue weighted by Crippen LogP contribution is 2.27. The molecule has 0 unspecified atom stereocenters. The van der Waals surface area contributed by atoms with Crippen molar-refractivity contribution in [3.8, 4) is 5.75 Å². The average molecular weight is 425 g/mol. The Kier molecular flexibility index (Phi) is 6.35. The minimum absolute atomic E-state index is 0.224. The number of hydrogen-bond acceptors (Lipinski definition) is 4. The van der Waals surface area contributed by atoms with Gasteiger partial charge in [-0.2, -0.15) is 5.10 Å². The number of ether oxygens (including phenoxy) is 1. The molecule has 0 saturated carbocycles. The minimum Gasteiger partial charge on any atom is -0.497 e. The Morgan fingerprint density at radius 3 is 2.73 bits per heavy atom. The number of likely N-dealkylation sites (tertiary alicyclic amines) is 1. The van der Waals surface area contributed by atoms with Crippen molar-refractivity contribution in [2.45, 2.75) is 25.4 Å². The largest absolute Gasteiger partial charge is 0.497 e. The molecule has 1 N–H and O–H groups in total. The van der Waals surface area contributed by atoms with E-state index < -0.39 is 0 Å². The van der Waals surface area contributed by atoms with E-state index in [1.807, 2.05) is 28.9 Å². The van der Waals surface area contributed by atoms with E-state index in [0.717, 1.165) is 38.2 Å². The molecule has 1 amide bonds. The van der Waals surface area contributed by atoms with Crippen molar-refractivity contribution >= 4 is 23.3 Å². The van der Waals surface area contributed by atoms with Crippen molar-refractivity contribution < 1.29 is 9.53 Å². The van der Waals surface area contributed by atoms with Crippen molar-refractivity contribution in [3.63, 3.8) is 0 Å². The topological polar surface area (TPSA) is 59.4 Å². The molecule has 1 aliphatic rings. The predicted molar refractivity (Wildman–Crippen MR) is 118 cm³/mol. The molecule has 7 heteroatoms. The molecular weight excluding hydrogens is 400 g/mol. The fourth-order valence-corrected chi connectivity index (χ4v) is 4.11. The number of rotatable bonds is 6. The molecule has 0 bridgehead atoms. The zero-order valence-corrected chi connectivity index (χ0v) is 17.7. The zero-order valence-electron chi connectivity index (χ0n) is 16.9. The highest BCUT2D eigenvalue weighted by molar-refractivity contribution is 6.34. The van der Waals surface area contributed by atoms with Crippen LogP contribution in [0.3, 0.4) is 0 Å². The van der Waals surface area contributed by atoms with Crippen LogP contribution in [0.15, 0.2) is 60.8 Å². The first kappa shape index (κ1) is 20.4. The number of benzene rings is 2. The Balaban J connectivity index is 1.37. The summed E-state index contributed by atoms with van der Waals surface area (Å²) < 4.78 is 7.25. The van der Waals surface area contributed by atoms with Gasteiger partial charge in [-0.1, -0.05) is 35.9 Å². The van der Waals surface area contributed by atoms with Crippen LogP contribution >= 0.6 is 11.6 Å². The maximum absolute atomic E-state index is 12.6. The van der Waals surface area contributed by atoms with Gasteiger partial charge in [0.1, 0.15) is 11.6 Å². The van der Waals surface area contributed by atoms with Crippen LogP contribution in [-0.4, -0.2) is 40.8 Å². The molecule has 0 aliphatic carbocycles. The van der Waals surface area contributed by atoms with E-state index in [9.17, 15) is 4.79 Å². The van der Waals surface area contributed by atoms with Gasteiger partial charge >= 0.3 is 0 Å². The quantitative estimate of drug-likeness (QED) is 0.626. The van der Waals surface area contributed by atoms with Crippen molar-refractivity contribution in [1.82, 2.24) is 14.7 Å². The highest BCUT2D eigenvalue weighted by atomic mass is 35.5. The molecule has 2 heterocycles. The van der Waals surface area contributed by atoms with Crippen LogP contribution in [0.4, 0.5) is 5.82 Å². The summed E-state index contributed by atoms with van der Waals surface area (Å²) in [6.45, 7) is 2.85. The van der Waals surface area contributed by atoms with Crippen LogP contribution in [-0.2, 0) is 6.54 Å². The SMILES string of the molecule is COc1cccc(CN2CCC(n3nccc3NC(=O)c3ccccc3Cl)CC2)c1. The number of piperidine rings is 1. The lowest BCUT2D eigenvalue weighted by molar-refractivity contribution is 0.102. The maximum Gasteiger partial charge on any atom is 0.258 e. The molecule has 156 valence electrons. The minimum atomic E-state index is -0.224. The maximum atomic E-state index is 12.6. The van der Waals surface area contributed by atoms with Crippen LogP contribution in [0.2, 0.25) is 5.02 Å². The monoisotopic (exact) mass is 424 g/mol. The summed E-state index contributed by atoms with van der Waals surface area (Å²) in [5, 5.41) is 7.87. The lowest BCUT2D eigenvalue weighted by Crippen LogP contribution is -2.35. The summed E-state index contributed by atoms with van der Waals surface area (Å²) in [7, 11) is 1.69. The smallest absolute Gasteiger partial charge is 0.258 e. The molecule has 2 aromatic carbocycles. The molecule has 1 aromatic heterocycles. The third-order valence-corrected chi connectivity index (χ3v) is 5.80. The van der Waals surface area contributed by atoms with Gasteiger partial charge in [0.25, 0.3) is 5.91 Å². The zero-order chi connectivity index (χ0) is 20.9. The molecule has 30 heavy (non-hydrogen) atoms. The second-order valence-electron chi connectivity index (χ2n) is 7.45. The van der Waals surface area contributed by atoms with E-state index in [1.165, 1.54) is 5.56 Å². The van der Waals surface area contributed by atoms with E-state index in [2.05, 4.69) is 27.4 Å². The molecule has 1 saturated heterocycles. The average Bonchev–Trinajstić information content (AvgIpc) is 3.22. The molecule has 4 rings (SSSR count). The second-order valence-corrected chi connectivity index (χ2v) is 7.86. The molecule has 3 aromatic rings. The van der Waals surface area contributed by atoms with Crippen LogP contribution in [0.25, 0.3) is 0 Å². The van der Waals surface area contributed by atoms with Gasteiger partial charge in [-0.05, 0) is 42.7 Å². The Hall–Kier alpha value is -2.83. The van der Waals surface area contributed by atoms with E-state index in [-0.39, 0.29) is 11.9 Å². The van der Waals surface area contributed by atoms with Gasteiger partial charge in [-0.25, -0.2) is 4.68 Å². The predicted octanol–water partition coefficient (Wildman–Crippen LogP) is 4.63. The third-order valence-electron chi connectivity index (χ3n) is 5.47. The van der Waals surface area contributed by atoms with Crippen molar-refractivity contribution in [2.24, 2.45) is 0 Å². The second kappa shape index (κ2) is 9.32. The lowest BCUT2D eigenvalue weighted by Gasteiger charge is -2.32. The fourth-order valence-electron chi connectivity index (χ4n) is 3.88. The fraction of sp³-hybridized carbons (Fsp3) is 0.304. The van der Waals surface area contributed by atoms with E-state index in [4.69, 9.17) is 16.3 Å². The summed E-state index contributed by atoms with van der Waals surface area (Å²) in [4.78, 5) is 15.1. The van der Waals surface area contributed by atoms with E-state index >= 15 is 0 Å². The van der Waals surface area contributed by atoms with Crippen molar-refractivity contribution in [2.75, 3.05) is 25.5 Å². The number of nitrogens with zero attached hydrogens (tertiary/aromatic N) is 3. The van der Waals surface area contributed by atoms with Crippen LogP contribution in [0.5, 0.6) is 5.75 Å². The summed E-state index contributed by atoms with van der Waals surface area (Å²) in [6.07, 6.45) is 3.67. The summed E-state index contributed by atoms with van der Waals surface area (Å²) in [6, 6.07) is 17.3. The summed E-state index contributed by atoms with van der Waals surface area (Å²) in [5.74, 6) is 1.36. The van der Waals surface area contributed by atoms with E-state index in [0.29, 0.717) is 16.4 Å². The number of amides is 1. The van der Waals surface area contributed by atoms with Crippen molar-refractivity contribution in [1.29, 1.82) is 0 Å². The van der Waals surface area contributed by atoms with Gasteiger partial charge in [-0.3, -0.25) is 9.69 Å². The molecule has 0 radical (unpaired) electrons. The third kappa shape index (κ3) is 4.66. The Labute approximate surface area is 181 Å². The van der Waals surface area contributed by atoms with Crippen LogP contribution in [0, 0.1) is 0 Å². The van der Waals surface area contributed by atoms with Gasteiger partial charge in [-0.15, -0.1) is 0 Å². The Morgan fingerprint density at radius 1 is 1.17 bits per heavy atom. The molecule has 0 spiro atoms. The number of nitrogens with one attached hydrogen (secondary N) is 1. The first-order valence-electron chi connectivity index (χ1n) is 10.1. The standard InChI is InChI=1S/C23H25ClN4O2/c1-30-19-6-4-5-17(15-19)16-27-13-10-18(11-14-27)28-22(9-12-25-28)26-23(29)20-7-2-3-8-21(20)24/h2-9,12,15,18H,10-11,13-14,16H2,1H3,(H,26,29). The van der Waals surface area contributed by atoms with Gasteiger partial charge < -0.3 is 10.1 Å². The molecule has 6 nitrogen and oxygen atoms in total. The highest BCUT2D eigenvalue weighted by Gasteiger charge is 2.23. The van der Waals surface area contributed by atoms with Crippen LogP contribution in [0.1, 0.15) is 34.8 Å². The number of methoxy groups -OCH3 is 1. The summed E-state index contributed by atoms with van der Waals surface area (Å²) in [5.41, 5.74) is 1.71. The summed E-state index contributed by atoms with van der Waals surface area (Å²) >= 11 is 6.15. The molecular formula is C23H25ClN4O2. The van der Waals surface area contributed by atoms with Crippen molar-refractivity contribution in [3.05, 3.63) is 76.9 Å². The molecule has 1 fully saturated rings. The molecule has 0 atom stereocenters. The first-order chi connectivity index (χ1) is 14.6. The lowest BCUT2D eigenvalue weighted by atomic mass is 10.0. The molecule has 1 aliphatic heterocycles. The van der Waals surface area contributed by atoms with Gasteiger partial charge in [0.2, 0.25) is 0 Å². The number of aromatic nitrogens is 2. The van der Waals surface area contributed by atoms with E-state index in [1.54, 1.807) is 31.5 Å². The van der Waals surface area contributed by atoms with Gasteiger partial charge in [0, 0.05) is 25.7 Å². The number of carbonyl (C=O) groups is 1. The Bertz CT molecular complexity index is 1010.